The highest BCUT2D eigenvalue weighted by Crippen LogP contribution is 2.40. The molecule has 0 amide bonds. The van der Waals surface area contributed by atoms with Crippen LogP contribution in [0, 0.1) is 6.92 Å². The van der Waals surface area contributed by atoms with E-state index < -0.39 is 0 Å². The lowest BCUT2D eigenvalue weighted by atomic mass is 10.0. The molecule has 0 unspecified atom stereocenters. The molecule has 3 aromatic rings. The number of aryl methyl sites for hydroxylation is 1. The molecular formula is C18H22ClN5OS. The molecule has 1 aliphatic rings. The molecule has 0 spiro atoms. The van der Waals surface area contributed by atoms with Crippen LogP contribution in [0.4, 0.5) is 0 Å². The number of hydrogen-bond donors (Lipinski definition) is 1. The summed E-state index contributed by atoms with van der Waals surface area (Å²) in [7, 11) is 0. The van der Waals surface area contributed by atoms with Crippen LogP contribution in [0.2, 0.25) is 5.02 Å². The summed E-state index contributed by atoms with van der Waals surface area (Å²) in [6, 6.07) is 7.85. The van der Waals surface area contributed by atoms with Crippen molar-refractivity contribution in [3.63, 3.8) is 0 Å². The maximum Gasteiger partial charge on any atom is 0.230 e. The summed E-state index contributed by atoms with van der Waals surface area (Å²) in [4.78, 5) is 10.9. The molecule has 1 aliphatic heterocycles. The predicted octanol–water partition coefficient (Wildman–Crippen LogP) is 3.19. The second kappa shape index (κ2) is 7.15. The van der Waals surface area contributed by atoms with Crippen LogP contribution in [0.25, 0.3) is 4.96 Å². The zero-order valence-electron chi connectivity index (χ0n) is 14.9. The van der Waals surface area contributed by atoms with Gasteiger partial charge >= 0.3 is 0 Å². The third-order valence-electron chi connectivity index (χ3n) is 4.94. The molecule has 0 aliphatic carbocycles. The molecule has 8 heteroatoms. The molecule has 2 aromatic heterocycles. The third-order valence-corrected chi connectivity index (χ3v) is 6.25. The van der Waals surface area contributed by atoms with Crippen LogP contribution in [0.5, 0.6) is 5.88 Å². The van der Waals surface area contributed by atoms with E-state index in [2.05, 4.69) is 32.9 Å². The fourth-order valence-electron chi connectivity index (χ4n) is 3.57. The molecule has 1 aromatic carbocycles. The Balaban J connectivity index is 1.77. The zero-order valence-corrected chi connectivity index (χ0v) is 16.5. The van der Waals surface area contributed by atoms with Crippen LogP contribution in [0.3, 0.4) is 0 Å². The van der Waals surface area contributed by atoms with Crippen molar-refractivity contribution in [2.45, 2.75) is 19.9 Å². The first-order valence-electron chi connectivity index (χ1n) is 8.83. The Bertz CT molecular complexity index is 916. The number of halogens is 1. The Kier molecular flexibility index (Phi) is 4.88. The van der Waals surface area contributed by atoms with Crippen LogP contribution < -0.4 is 0 Å². The maximum absolute atomic E-state index is 10.8. The zero-order chi connectivity index (χ0) is 18.3. The summed E-state index contributed by atoms with van der Waals surface area (Å²) < 4.78 is 1.54. The quantitative estimate of drug-likeness (QED) is 0.740. The number of rotatable bonds is 4. The lowest BCUT2D eigenvalue weighted by Gasteiger charge is -2.38. The standard InChI is InChI=1S/C18H22ClN5OS/c1-3-22-7-9-23(10-8-22)15(13-5-4-6-14(19)11-13)16-17(25)24-18(26-16)20-12(2)21-24/h4-6,11,15,25H,3,7-10H2,1-2H3/t15-/m0/s1. The van der Waals surface area contributed by atoms with Gasteiger partial charge in [0.1, 0.15) is 5.82 Å². The molecule has 1 N–H and O–H groups in total. The molecule has 26 heavy (non-hydrogen) atoms. The molecule has 0 bridgehead atoms. The second-order valence-electron chi connectivity index (χ2n) is 6.57. The van der Waals surface area contributed by atoms with Crippen molar-refractivity contribution in [1.29, 1.82) is 0 Å². The number of aromatic hydroxyl groups is 1. The van der Waals surface area contributed by atoms with Gasteiger partial charge in [0.15, 0.2) is 0 Å². The van der Waals surface area contributed by atoms with Crippen LogP contribution in [-0.4, -0.2) is 62.2 Å². The Morgan fingerprint density at radius 1 is 1.27 bits per heavy atom. The van der Waals surface area contributed by atoms with E-state index >= 15 is 0 Å². The SMILES string of the molecule is CCN1CCN([C@@H](c2cccc(Cl)c2)c2sc3nc(C)nn3c2O)CC1. The van der Waals surface area contributed by atoms with Crippen LogP contribution in [0.15, 0.2) is 24.3 Å². The second-order valence-corrected chi connectivity index (χ2v) is 8.02. The summed E-state index contributed by atoms with van der Waals surface area (Å²) >= 11 is 7.76. The van der Waals surface area contributed by atoms with Gasteiger partial charge in [-0.25, -0.2) is 4.98 Å². The number of aromatic nitrogens is 3. The van der Waals surface area contributed by atoms with Crippen LogP contribution in [0.1, 0.15) is 29.2 Å². The summed E-state index contributed by atoms with van der Waals surface area (Å²) in [5, 5.41) is 15.8. The van der Waals surface area contributed by atoms with Gasteiger partial charge in [-0.1, -0.05) is 42.0 Å². The fourth-order valence-corrected chi connectivity index (χ4v) is 4.93. The number of fused-ring (bicyclic) bond motifs is 1. The van der Waals surface area contributed by atoms with Crippen molar-refractivity contribution in [1.82, 2.24) is 24.4 Å². The number of likely N-dealkylation sites (N-methyl/N-ethyl adjacent to an activating group) is 1. The first kappa shape index (κ1) is 17.7. The Labute approximate surface area is 161 Å². The van der Waals surface area contributed by atoms with Gasteiger partial charge in [0.2, 0.25) is 10.8 Å². The first-order chi connectivity index (χ1) is 12.6. The monoisotopic (exact) mass is 391 g/mol. The first-order valence-corrected chi connectivity index (χ1v) is 10.0. The highest BCUT2D eigenvalue weighted by atomic mass is 35.5. The normalized spacial score (nSPS) is 17.8. The van der Waals surface area contributed by atoms with Crippen LogP contribution in [-0.2, 0) is 0 Å². The van der Waals surface area contributed by atoms with Gasteiger partial charge < -0.3 is 10.0 Å². The van der Waals surface area contributed by atoms with Gasteiger partial charge in [-0.3, -0.25) is 4.90 Å². The van der Waals surface area contributed by atoms with Gasteiger partial charge in [-0.2, -0.15) is 4.52 Å². The molecule has 1 atom stereocenters. The van der Waals surface area contributed by atoms with Crippen molar-refractivity contribution in [2.24, 2.45) is 0 Å². The maximum atomic E-state index is 10.8. The molecule has 3 heterocycles. The van der Waals surface area contributed by atoms with Gasteiger partial charge in [0.05, 0.1) is 10.9 Å². The van der Waals surface area contributed by atoms with Crippen LogP contribution >= 0.6 is 22.9 Å². The van der Waals surface area contributed by atoms with Crippen molar-refractivity contribution in [3.8, 4) is 5.88 Å². The summed E-state index contributed by atoms with van der Waals surface area (Å²) in [5.41, 5.74) is 1.08. The van der Waals surface area contributed by atoms with E-state index in [1.54, 1.807) is 0 Å². The van der Waals surface area contributed by atoms with E-state index in [0.717, 1.165) is 43.2 Å². The highest BCUT2D eigenvalue weighted by Gasteiger charge is 2.31. The van der Waals surface area contributed by atoms with E-state index in [1.807, 2.05) is 25.1 Å². The number of benzene rings is 1. The summed E-state index contributed by atoms with van der Waals surface area (Å²) in [6.07, 6.45) is 0. The van der Waals surface area contributed by atoms with Crippen molar-refractivity contribution in [3.05, 3.63) is 45.6 Å². The molecule has 6 nitrogen and oxygen atoms in total. The minimum absolute atomic E-state index is 0.0542. The predicted molar refractivity (Wildman–Crippen MR) is 104 cm³/mol. The fraction of sp³-hybridized carbons (Fsp3) is 0.444. The third kappa shape index (κ3) is 3.20. The van der Waals surface area contributed by atoms with E-state index in [-0.39, 0.29) is 11.9 Å². The highest BCUT2D eigenvalue weighted by molar-refractivity contribution is 7.17. The largest absolute Gasteiger partial charge is 0.492 e. The molecule has 138 valence electrons. The molecule has 4 rings (SSSR count). The molecular weight excluding hydrogens is 370 g/mol. The Morgan fingerprint density at radius 3 is 2.69 bits per heavy atom. The molecule has 1 fully saturated rings. The summed E-state index contributed by atoms with van der Waals surface area (Å²) in [6.45, 7) is 9.02. The lowest BCUT2D eigenvalue weighted by Crippen LogP contribution is -2.47. The van der Waals surface area contributed by atoms with E-state index in [4.69, 9.17) is 11.6 Å². The van der Waals surface area contributed by atoms with E-state index in [0.29, 0.717) is 15.8 Å². The Hall–Kier alpha value is -1.67. The smallest absolute Gasteiger partial charge is 0.230 e. The summed E-state index contributed by atoms with van der Waals surface area (Å²) in [5.74, 6) is 0.836. The average molecular weight is 392 g/mol. The number of thiazole rings is 1. The molecule has 1 saturated heterocycles. The minimum Gasteiger partial charge on any atom is -0.492 e. The Morgan fingerprint density at radius 2 is 2.04 bits per heavy atom. The average Bonchev–Trinajstić information content (AvgIpc) is 3.14. The van der Waals surface area contributed by atoms with Gasteiger partial charge in [-0.05, 0) is 31.2 Å². The topological polar surface area (TPSA) is 56.9 Å². The molecule has 0 radical (unpaired) electrons. The van der Waals surface area contributed by atoms with Gasteiger partial charge in [0, 0.05) is 31.2 Å². The minimum atomic E-state index is -0.0542. The number of piperazine rings is 1. The lowest BCUT2D eigenvalue weighted by molar-refractivity contribution is 0.113. The van der Waals surface area contributed by atoms with Crippen molar-refractivity contribution in [2.75, 3.05) is 32.7 Å². The van der Waals surface area contributed by atoms with Gasteiger partial charge in [-0.15, -0.1) is 5.10 Å². The molecule has 0 saturated carbocycles. The van der Waals surface area contributed by atoms with Crippen molar-refractivity contribution < 1.29 is 5.11 Å². The van der Waals surface area contributed by atoms with E-state index in [9.17, 15) is 5.11 Å². The van der Waals surface area contributed by atoms with Gasteiger partial charge in [0.25, 0.3) is 0 Å². The number of hydrogen-bond acceptors (Lipinski definition) is 6. The van der Waals surface area contributed by atoms with E-state index in [1.165, 1.54) is 15.9 Å². The van der Waals surface area contributed by atoms with Crippen molar-refractivity contribution >= 4 is 27.9 Å². The number of nitrogens with zero attached hydrogens (tertiary/aromatic N) is 5.